The molecule has 1 aromatic carbocycles. The van der Waals surface area contributed by atoms with Crippen molar-refractivity contribution in [3.8, 4) is 0 Å². The fraction of sp³-hybridized carbons (Fsp3) is 0.455. The number of aliphatic imine (C=N–C) groups is 1. The first-order valence-corrected chi connectivity index (χ1v) is 10.3. The van der Waals surface area contributed by atoms with Crippen molar-refractivity contribution < 1.29 is 14.3 Å². The van der Waals surface area contributed by atoms with E-state index in [0.29, 0.717) is 37.9 Å². The fourth-order valence-electron chi connectivity index (χ4n) is 3.25. The van der Waals surface area contributed by atoms with Gasteiger partial charge in [0, 0.05) is 25.3 Å². The van der Waals surface area contributed by atoms with Crippen LogP contribution < -0.4 is 20.9 Å². The molecule has 2 aromatic rings. The highest BCUT2D eigenvalue weighted by Crippen LogP contribution is 2.22. The number of carbonyl (C=O) groups is 1. The summed E-state index contributed by atoms with van der Waals surface area (Å²) in [6.07, 6.45) is 0. The van der Waals surface area contributed by atoms with Gasteiger partial charge in [-0.3, -0.25) is 4.79 Å². The molecule has 0 radical (unpaired) electrons. The second kappa shape index (κ2) is 11.4. The maximum atomic E-state index is 11.6. The molecule has 0 spiro atoms. The minimum absolute atomic E-state index is 0. The van der Waals surface area contributed by atoms with Gasteiger partial charge in [-0.05, 0) is 50.6 Å². The van der Waals surface area contributed by atoms with Crippen LogP contribution in [0.5, 0.6) is 0 Å². The number of halogens is 1. The van der Waals surface area contributed by atoms with Gasteiger partial charge in [0.05, 0.1) is 19.6 Å². The number of hydrogen-bond acceptors (Lipinski definition) is 5. The number of anilines is 1. The number of carbonyl (C=O) groups excluding carboxylic acids is 1. The van der Waals surface area contributed by atoms with Crippen LogP contribution in [0.3, 0.4) is 0 Å². The fourth-order valence-corrected chi connectivity index (χ4v) is 3.25. The first kappa shape index (κ1) is 25.0. The molecular formula is C22H32IN5O3. The van der Waals surface area contributed by atoms with Crippen LogP contribution in [-0.2, 0) is 16.9 Å². The Morgan fingerprint density at radius 3 is 2.61 bits per heavy atom. The summed E-state index contributed by atoms with van der Waals surface area (Å²) in [6.45, 7) is 8.90. The van der Waals surface area contributed by atoms with E-state index in [-0.39, 0.29) is 36.4 Å². The molecule has 1 aliphatic rings. The monoisotopic (exact) mass is 541 g/mol. The van der Waals surface area contributed by atoms with Gasteiger partial charge >= 0.3 is 0 Å². The minimum atomic E-state index is -1.15. The van der Waals surface area contributed by atoms with E-state index < -0.39 is 5.60 Å². The third kappa shape index (κ3) is 7.13. The molecule has 170 valence electrons. The van der Waals surface area contributed by atoms with Crippen molar-refractivity contribution in [1.82, 2.24) is 16.0 Å². The summed E-state index contributed by atoms with van der Waals surface area (Å²) in [7, 11) is 0. The lowest BCUT2D eigenvalue weighted by atomic mass is 10.0. The summed E-state index contributed by atoms with van der Waals surface area (Å²) in [6, 6.07) is 11.7. The number of nitrogens with one attached hydrogen (secondary N) is 3. The van der Waals surface area contributed by atoms with Gasteiger partial charge in [-0.1, -0.05) is 12.1 Å². The Bertz CT molecular complexity index is 880. The number of nitrogens with zero attached hydrogens (tertiary/aromatic N) is 2. The Labute approximate surface area is 200 Å². The van der Waals surface area contributed by atoms with Crippen molar-refractivity contribution in [2.24, 2.45) is 4.99 Å². The van der Waals surface area contributed by atoms with E-state index in [1.807, 2.05) is 44.2 Å². The standard InChI is InChI=1S/C22H31N5O3.HI/c1-4-23-21(26-15-22(3,29)19-10-5-16(2)30-19)25-13-17-6-8-18(9-7-17)27-12-11-24-20(28)14-27;/h5-10,29H,4,11-15H2,1-3H3,(H,24,28)(H2,23,25,26);1H. The molecule has 1 atom stereocenters. The lowest BCUT2D eigenvalue weighted by Crippen LogP contribution is -2.47. The van der Waals surface area contributed by atoms with Crippen molar-refractivity contribution in [3.63, 3.8) is 0 Å². The summed E-state index contributed by atoms with van der Waals surface area (Å²) in [5.74, 6) is 1.96. The highest BCUT2D eigenvalue weighted by atomic mass is 127. The number of benzene rings is 1. The van der Waals surface area contributed by atoms with Crippen LogP contribution >= 0.6 is 24.0 Å². The quantitative estimate of drug-likeness (QED) is 0.244. The maximum absolute atomic E-state index is 11.6. The number of rotatable bonds is 7. The lowest BCUT2D eigenvalue weighted by molar-refractivity contribution is -0.120. The summed E-state index contributed by atoms with van der Waals surface area (Å²) >= 11 is 0. The van der Waals surface area contributed by atoms with E-state index in [2.05, 4.69) is 25.8 Å². The van der Waals surface area contributed by atoms with Gasteiger partial charge in [-0.2, -0.15) is 0 Å². The van der Waals surface area contributed by atoms with E-state index in [4.69, 9.17) is 4.42 Å². The number of guanidine groups is 1. The molecule has 2 heterocycles. The zero-order valence-corrected chi connectivity index (χ0v) is 20.6. The summed E-state index contributed by atoms with van der Waals surface area (Å²) in [5, 5.41) is 19.9. The third-order valence-corrected chi connectivity index (χ3v) is 4.98. The normalized spacial score (nSPS) is 16.2. The SMILES string of the molecule is CCNC(=NCc1ccc(N2CCNC(=O)C2)cc1)NCC(C)(O)c1ccc(C)o1.I. The number of hydrogen-bond donors (Lipinski definition) is 4. The molecule has 1 amide bonds. The van der Waals surface area contributed by atoms with Gasteiger partial charge in [0.1, 0.15) is 17.1 Å². The van der Waals surface area contributed by atoms with E-state index >= 15 is 0 Å². The number of aliphatic hydroxyl groups is 1. The van der Waals surface area contributed by atoms with Gasteiger partial charge in [0.15, 0.2) is 5.96 Å². The maximum Gasteiger partial charge on any atom is 0.239 e. The van der Waals surface area contributed by atoms with E-state index in [9.17, 15) is 9.90 Å². The lowest BCUT2D eigenvalue weighted by Gasteiger charge is -2.28. The summed E-state index contributed by atoms with van der Waals surface area (Å²) in [4.78, 5) is 18.2. The van der Waals surface area contributed by atoms with Gasteiger partial charge < -0.3 is 30.4 Å². The van der Waals surface area contributed by atoms with Crippen molar-refractivity contribution in [3.05, 3.63) is 53.5 Å². The summed E-state index contributed by atoms with van der Waals surface area (Å²) < 4.78 is 5.56. The van der Waals surface area contributed by atoms with Crippen LogP contribution in [0.15, 0.2) is 45.8 Å². The molecule has 1 saturated heterocycles. The van der Waals surface area contributed by atoms with Crippen LogP contribution in [0.25, 0.3) is 0 Å². The molecule has 0 bridgehead atoms. The molecule has 4 N–H and O–H groups in total. The molecule has 9 heteroatoms. The van der Waals surface area contributed by atoms with Crippen LogP contribution in [-0.4, -0.2) is 49.7 Å². The molecule has 8 nitrogen and oxygen atoms in total. The molecule has 1 unspecified atom stereocenters. The highest BCUT2D eigenvalue weighted by molar-refractivity contribution is 14.0. The van der Waals surface area contributed by atoms with Crippen LogP contribution in [0.4, 0.5) is 5.69 Å². The van der Waals surface area contributed by atoms with E-state index in [1.165, 1.54) is 0 Å². The molecule has 1 fully saturated rings. The number of furan rings is 1. The first-order chi connectivity index (χ1) is 14.4. The Morgan fingerprint density at radius 2 is 2.00 bits per heavy atom. The van der Waals surface area contributed by atoms with E-state index in [0.717, 1.165) is 23.6 Å². The molecule has 0 saturated carbocycles. The van der Waals surface area contributed by atoms with Crippen LogP contribution in [0.1, 0.15) is 30.9 Å². The molecule has 1 aromatic heterocycles. The Hall–Kier alpha value is -2.27. The summed E-state index contributed by atoms with van der Waals surface area (Å²) in [5.41, 5.74) is 0.950. The van der Waals surface area contributed by atoms with Gasteiger partial charge in [0.25, 0.3) is 0 Å². The molecular weight excluding hydrogens is 509 g/mol. The van der Waals surface area contributed by atoms with Crippen molar-refractivity contribution in [1.29, 1.82) is 0 Å². The molecule has 1 aliphatic heterocycles. The first-order valence-electron chi connectivity index (χ1n) is 10.3. The van der Waals surface area contributed by atoms with Crippen LogP contribution in [0, 0.1) is 6.92 Å². The topological polar surface area (TPSA) is 102 Å². The predicted molar refractivity (Wildman–Crippen MR) is 133 cm³/mol. The van der Waals surface area contributed by atoms with E-state index in [1.54, 1.807) is 13.0 Å². The second-order valence-electron chi connectivity index (χ2n) is 7.67. The Morgan fingerprint density at radius 1 is 1.26 bits per heavy atom. The number of amides is 1. The third-order valence-electron chi connectivity index (χ3n) is 4.98. The highest BCUT2D eigenvalue weighted by Gasteiger charge is 2.27. The zero-order valence-electron chi connectivity index (χ0n) is 18.3. The second-order valence-corrected chi connectivity index (χ2v) is 7.67. The molecule has 3 rings (SSSR count). The zero-order chi connectivity index (χ0) is 21.6. The largest absolute Gasteiger partial charge is 0.463 e. The Balaban J connectivity index is 0.00000341. The molecule has 31 heavy (non-hydrogen) atoms. The van der Waals surface area contributed by atoms with Gasteiger partial charge in [-0.25, -0.2) is 4.99 Å². The average molecular weight is 541 g/mol. The van der Waals surface area contributed by atoms with Crippen molar-refractivity contribution in [2.75, 3.05) is 37.6 Å². The predicted octanol–water partition coefficient (Wildman–Crippen LogP) is 2.11. The number of piperazine rings is 1. The van der Waals surface area contributed by atoms with Gasteiger partial charge in [0.2, 0.25) is 5.91 Å². The number of aryl methyl sites for hydroxylation is 1. The van der Waals surface area contributed by atoms with Crippen molar-refractivity contribution in [2.45, 2.75) is 32.9 Å². The Kier molecular flexibility index (Phi) is 9.17. The minimum Gasteiger partial charge on any atom is -0.463 e. The smallest absolute Gasteiger partial charge is 0.239 e. The van der Waals surface area contributed by atoms with Crippen LogP contribution in [0.2, 0.25) is 0 Å². The average Bonchev–Trinajstić information content (AvgIpc) is 3.18. The molecule has 0 aliphatic carbocycles. The van der Waals surface area contributed by atoms with Gasteiger partial charge in [-0.15, -0.1) is 24.0 Å². The van der Waals surface area contributed by atoms with Crippen molar-refractivity contribution >= 4 is 41.5 Å².